The van der Waals surface area contributed by atoms with Gasteiger partial charge in [0.25, 0.3) is 0 Å². The van der Waals surface area contributed by atoms with Crippen molar-refractivity contribution < 1.29 is 42.3 Å². The molecule has 0 saturated carbocycles. The molecule has 2 nitrogen and oxygen atoms in total. The Hall–Kier alpha value is -2.04. The maximum Gasteiger partial charge on any atom is 0.123 e. The van der Waals surface area contributed by atoms with Gasteiger partial charge in [0.1, 0.15) is 23.1 Å². The van der Waals surface area contributed by atoms with E-state index in [0.29, 0.717) is 5.92 Å². The fourth-order valence-electron chi connectivity index (χ4n) is 2.39. The molecule has 2 N–H and O–H groups in total. The van der Waals surface area contributed by atoms with Gasteiger partial charge in [0, 0.05) is 0 Å². The molecule has 2 aliphatic rings. The van der Waals surface area contributed by atoms with E-state index < -0.39 is 0 Å². The molecule has 0 amide bonds. The van der Waals surface area contributed by atoms with Crippen LogP contribution in [-0.2, 0) is 23.3 Å². The molecule has 0 saturated heterocycles. The molecular formula is C28H34F2O2SiZr. The van der Waals surface area contributed by atoms with E-state index in [4.69, 9.17) is 10.2 Å². The van der Waals surface area contributed by atoms with Crippen molar-refractivity contribution in [2.24, 2.45) is 5.92 Å². The van der Waals surface area contributed by atoms with Gasteiger partial charge in [0.2, 0.25) is 0 Å². The van der Waals surface area contributed by atoms with Crippen molar-refractivity contribution >= 4 is 5.43 Å². The summed E-state index contributed by atoms with van der Waals surface area (Å²) in [6.45, 7) is 13.1. The zero-order chi connectivity index (χ0) is 26.1. The molecule has 180 valence electrons. The predicted octanol–water partition coefficient (Wildman–Crippen LogP) is 7.87. The molecule has 0 heterocycles. The minimum Gasteiger partial charge on any atom is -0.508 e. The normalized spacial score (nSPS) is 14.9. The summed E-state index contributed by atoms with van der Waals surface area (Å²) in [6, 6.07) is 10.0. The first-order chi connectivity index (χ1) is 15.9. The third kappa shape index (κ3) is 19.4. The summed E-state index contributed by atoms with van der Waals surface area (Å²) in [5, 5.41) is 17.2. The summed E-state index contributed by atoms with van der Waals surface area (Å²) in [4.78, 5) is 0. The molecule has 34 heavy (non-hydrogen) atoms. The number of halogens is 2. The van der Waals surface area contributed by atoms with Crippen LogP contribution in [0.3, 0.4) is 0 Å². The number of phenolic OH excluding ortho intramolecular Hbond substituents is 2. The molecule has 0 spiro atoms. The first-order valence-electron chi connectivity index (χ1n) is 10.8. The second kappa shape index (κ2) is 18.3. The van der Waals surface area contributed by atoms with E-state index in [0.717, 1.165) is 6.42 Å². The zero-order valence-electron chi connectivity index (χ0n) is 20.8. The second-order valence-electron chi connectivity index (χ2n) is 7.99. The van der Waals surface area contributed by atoms with Crippen LogP contribution in [0.5, 0.6) is 11.5 Å². The standard InChI is InChI=1S/2C7H9.2C6H5FO.C2H6Si.Zr/c2*1-6-3-4-7(2)5-6;2*7-5-1-3-6(8)4-2-5;1-3-2;/h5H,3H2,1-2H3;3,5,7H,1-2H3;2*1-4,8H;1-2H3;/q2*-1;;;;+2. The third-order valence-corrected chi connectivity index (χ3v) is 3.85. The van der Waals surface area contributed by atoms with E-state index in [1.165, 1.54) is 65.3 Å². The van der Waals surface area contributed by atoms with Crippen molar-refractivity contribution in [1.82, 2.24) is 0 Å². The van der Waals surface area contributed by atoms with Crippen LogP contribution in [0.4, 0.5) is 8.78 Å². The number of hydrogen-bond donors (Lipinski definition) is 2. The summed E-state index contributed by atoms with van der Waals surface area (Å²) < 4.78 is 24.0. The van der Waals surface area contributed by atoms with Gasteiger partial charge in [-0.15, -0.1) is 13.3 Å². The van der Waals surface area contributed by atoms with Crippen molar-refractivity contribution in [3.8, 4) is 11.5 Å². The maximum absolute atomic E-state index is 12.0. The van der Waals surface area contributed by atoms with Crippen molar-refractivity contribution in [2.75, 3.05) is 0 Å². The van der Waals surface area contributed by atoms with Crippen molar-refractivity contribution in [2.45, 2.75) is 47.2 Å². The average molecular weight is 560 g/mol. The molecular weight excluding hydrogens is 526 g/mol. The molecule has 0 bridgehead atoms. The van der Waals surface area contributed by atoms with Gasteiger partial charge in [-0.2, -0.15) is 11.6 Å². The van der Waals surface area contributed by atoms with Crippen LogP contribution in [0.25, 0.3) is 0 Å². The van der Waals surface area contributed by atoms with Crippen LogP contribution >= 0.6 is 0 Å². The van der Waals surface area contributed by atoms with Gasteiger partial charge in [0.15, 0.2) is 0 Å². The van der Waals surface area contributed by atoms with Crippen LogP contribution in [0, 0.1) is 29.7 Å². The monoisotopic (exact) mass is 558 g/mol. The van der Waals surface area contributed by atoms with Crippen LogP contribution in [0.1, 0.15) is 34.1 Å². The average Bonchev–Trinajstić information content (AvgIpc) is 3.33. The van der Waals surface area contributed by atoms with E-state index in [-0.39, 0.29) is 28.6 Å². The van der Waals surface area contributed by atoms with Crippen molar-refractivity contribution in [3.63, 3.8) is 0 Å². The summed E-state index contributed by atoms with van der Waals surface area (Å²) >= 11 is 1.74. The number of benzene rings is 2. The molecule has 2 aliphatic carbocycles. The fourth-order valence-corrected chi connectivity index (χ4v) is 2.39. The van der Waals surface area contributed by atoms with E-state index in [1.807, 2.05) is 6.08 Å². The van der Waals surface area contributed by atoms with Gasteiger partial charge < -0.3 is 10.2 Å². The Kier molecular flexibility index (Phi) is 17.2. The Balaban J connectivity index is 0.000000407. The smallest absolute Gasteiger partial charge is 0.123 e. The molecule has 6 heteroatoms. The number of aromatic hydroxyl groups is 2. The van der Waals surface area contributed by atoms with Crippen molar-refractivity contribution in [1.29, 1.82) is 0 Å². The Morgan fingerprint density at radius 1 is 0.882 bits per heavy atom. The number of allylic oxidation sites excluding steroid dienone is 8. The number of phenols is 2. The first kappa shape index (κ1) is 32.0. The Labute approximate surface area is 218 Å². The number of hydrogen-bond acceptors (Lipinski definition) is 2. The minimum atomic E-state index is -0.331. The van der Waals surface area contributed by atoms with Gasteiger partial charge in [-0.3, -0.25) is 12.2 Å². The second-order valence-corrected chi connectivity index (χ2v) is 17.4. The van der Waals surface area contributed by atoms with Crippen LogP contribution in [-0.4, -0.2) is 15.6 Å². The largest absolute Gasteiger partial charge is 0.508 e. The zero-order valence-corrected chi connectivity index (χ0v) is 24.2. The Morgan fingerprint density at radius 3 is 1.44 bits per heavy atom. The number of rotatable bonds is 0. The van der Waals surface area contributed by atoms with Crippen molar-refractivity contribution in [3.05, 3.63) is 107 Å². The summed E-state index contributed by atoms with van der Waals surface area (Å²) in [7, 11) is 0. The molecule has 2 aromatic rings. The molecule has 0 aromatic heterocycles. The van der Waals surface area contributed by atoms with Gasteiger partial charge in [-0.1, -0.05) is 26.7 Å². The predicted molar refractivity (Wildman–Crippen MR) is 135 cm³/mol. The van der Waals surface area contributed by atoms with Crippen LogP contribution in [0.2, 0.25) is 13.1 Å². The molecule has 1 unspecified atom stereocenters. The van der Waals surface area contributed by atoms with E-state index >= 15 is 0 Å². The molecule has 0 aliphatic heterocycles. The van der Waals surface area contributed by atoms with Gasteiger partial charge in [-0.25, -0.2) is 32.1 Å². The first-order valence-corrected chi connectivity index (χ1v) is 17.0. The van der Waals surface area contributed by atoms with Gasteiger partial charge >= 0.3 is 41.9 Å². The molecule has 0 fully saturated rings. The Morgan fingerprint density at radius 2 is 1.29 bits per heavy atom. The fraction of sp³-hybridized carbons (Fsp3) is 0.286. The van der Waals surface area contributed by atoms with E-state index in [9.17, 15) is 8.78 Å². The summed E-state index contributed by atoms with van der Waals surface area (Å²) in [6.07, 6.45) is 13.8. The molecule has 2 aromatic carbocycles. The van der Waals surface area contributed by atoms with Crippen LogP contribution < -0.4 is 0 Å². The van der Waals surface area contributed by atoms with E-state index in [2.05, 4.69) is 65.1 Å². The van der Waals surface area contributed by atoms with Crippen LogP contribution in [0.15, 0.2) is 83.5 Å². The summed E-state index contributed by atoms with van der Waals surface area (Å²) in [5.74, 6) is 0.0726. The summed E-state index contributed by atoms with van der Waals surface area (Å²) in [5.41, 5.74) is 4.27. The molecule has 0 radical (unpaired) electrons. The van der Waals surface area contributed by atoms with E-state index in [1.54, 1.807) is 23.3 Å². The third-order valence-electron chi connectivity index (χ3n) is 3.85. The van der Waals surface area contributed by atoms with Gasteiger partial charge in [-0.05, 0) is 48.5 Å². The molecule has 4 rings (SSSR count). The molecule has 1 atom stereocenters. The quantitative estimate of drug-likeness (QED) is 0.255. The maximum atomic E-state index is 12.0. The minimum absolute atomic E-state index is 0.0893. The SMILES string of the molecule is CC1=CC(C)[C-]=C1.CC1=[C-]CC(C)=C1.C[Si](C)=[Zr+2].Oc1ccc(F)cc1.Oc1ccc(F)cc1. The topological polar surface area (TPSA) is 40.5 Å². The van der Waals surface area contributed by atoms with Gasteiger partial charge in [0.05, 0.1) is 0 Å². The Bertz CT molecular complexity index is 903.